The highest BCUT2D eigenvalue weighted by molar-refractivity contribution is 5.97. The lowest BCUT2D eigenvalue weighted by Crippen LogP contribution is -2.34. The van der Waals surface area contributed by atoms with Crippen molar-refractivity contribution in [3.05, 3.63) is 106 Å². The average molecular weight is 450 g/mol. The van der Waals surface area contributed by atoms with E-state index in [2.05, 4.69) is 119 Å². The number of fused-ring (bicyclic) bond motifs is 3. The maximum absolute atomic E-state index is 7.12. The topological polar surface area (TPSA) is 21.7 Å². The number of hydrogen-bond donors (Lipinski definition) is 0. The molecule has 4 aromatic carbocycles. The van der Waals surface area contributed by atoms with E-state index in [1.807, 2.05) is 0 Å². The van der Waals surface area contributed by atoms with Gasteiger partial charge in [0.2, 0.25) is 0 Å². The first-order valence-corrected chi connectivity index (χ1v) is 11.7. The van der Waals surface area contributed by atoms with Gasteiger partial charge >= 0.3 is 0 Å². The van der Waals surface area contributed by atoms with E-state index in [9.17, 15) is 0 Å². The summed E-state index contributed by atoms with van der Waals surface area (Å²) in [5.41, 5.74) is 7.34. The first-order chi connectivity index (χ1) is 16.3. The zero-order chi connectivity index (χ0) is 24.0. The molecule has 1 atom stereocenters. The minimum Gasteiger partial charge on any atom is -0.497 e. The predicted octanol–water partition coefficient (Wildman–Crippen LogP) is 7.19. The van der Waals surface area contributed by atoms with Gasteiger partial charge in [0, 0.05) is 41.9 Å². The van der Waals surface area contributed by atoms with E-state index < -0.39 is 5.60 Å². The van der Waals surface area contributed by atoms with Crippen LogP contribution in [0.2, 0.25) is 0 Å². The molecule has 0 amide bonds. The molecule has 4 aromatic rings. The monoisotopic (exact) mass is 449 g/mol. The van der Waals surface area contributed by atoms with Gasteiger partial charge < -0.3 is 14.4 Å². The van der Waals surface area contributed by atoms with E-state index in [1.165, 1.54) is 22.1 Å². The Morgan fingerprint density at radius 1 is 0.765 bits per heavy atom. The van der Waals surface area contributed by atoms with Crippen molar-refractivity contribution in [1.82, 2.24) is 0 Å². The van der Waals surface area contributed by atoms with Crippen LogP contribution >= 0.6 is 0 Å². The molecule has 0 spiro atoms. The first kappa shape index (κ1) is 22.1. The zero-order valence-electron chi connectivity index (χ0n) is 20.8. The van der Waals surface area contributed by atoms with Crippen LogP contribution in [-0.4, -0.2) is 21.2 Å². The molecule has 5 rings (SSSR count). The molecule has 0 N–H and O–H groups in total. The molecule has 3 nitrogen and oxygen atoms in total. The van der Waals surface area contributed by atoms with Crippen molar-refractivity contribution in [2.75, 3.05) is 26.1 Å². The van der Waals surface area contributed by atoms with Crippen LogP contribution in [0.15, 0.2) is 72.8 Å². The smallest absolute Gasteiger partial charge is 0.178 e. The molecule has 172 valence electrons. The summed E-state index contributed by atoms with van der Waals surface area (Å²) in [6.45, 7) is 6.39. The van der Waals surface area contributed by atoms with Crippen molar-refractivity contribution in [2.24, 2.45) is 0 Å². The second kappa shape index (κ2) is 8.25. The summed E-state index contributed by atoms with van der Waals surface area (Å²) in [5, 5.41) is 2.26. The van der Waals surface area contributed by atoms with Crippen LogP contribution in [0.5, 0.6) is 11.5 Å². The molecule has 1 unspecified atom stereocenters. The summed E-state index contributed by atoms with van der Waals surface area (Å²) in [6.07, 6.45) is 4.43. The van der Waals surface area contributed by atoms with E-state index in [0.29, 0.717) is 0 Å². The fourth-order valence-corrected chi connectivity index (χ4v) is 4.88. The number of rotatable bonds is 4. The summed E-state index contributed by atoms with van der Waals surface area (Å²) in [6, 6.07) is 23.7. The zero-order valence-corrected chi connectivity index (χ0v) is 20.8. The third-order valence-corrected chi connectivity index (χ3v) is 6.91. The predicted molar refractivity (Wildman–Crippen MR) is 142 cm³/mol. The van der Waals surface area contributed by atoms with Gasteiger partial charge in [-0.2, -0.15) is 0 Å². The maximum Gasteiger partial charge on any atom is 0.178 e. The number of hydrogen-bond acceptors (Lipinski definition) is 3. The Bertz CT molecular complexity index is 1400. The molecule has 0 radical (unpaired) electrons. The van der Waals surface area contributed by atoms with Crippen molar-refractivity contribution >= 4 is 22.5 Å². The molecular weight excluding hydrogens is 418 g/mol. The van der Waals surface area contributed by atoms with Crippen LogP contribution < -0.4 is 14.4 Å². The summed E-state index contributed by atoms with van der Waals surface area (Å²) in [7, 11) is 5.83. The molecule has 1 heterocycles. The number of anilines is 1. The molecule has 0 aliphatic carbocycles. The molecule has 0 saturated heterocycles. The van der Waals surface area contributed by atoms with Crippen LogP contribution in [-0.2, 0) is 5.60 Å². The van der Waals surface area contributed by atoms with Crippen molar-refractivity contribution < 1.29 is 9.47 Å². The Labute approximate surface area is 202 Å². The van der Waals surface area contributed by atoms with Gasteiger partial charge in [-0.3, -0.25) is 0 Å². The van der Waals surface area contributed by atoms with Gasteiger partial charge in [-0.15, -0.1) is 0 Å². The number of aryl methyl sites for hydroxylation is 3. The van der Waals surface area contributed by atoms with Crippen LogP contribution in [0.4, 0.5) is 5.69 Å². The molecule has 34 heavy (non-hydrogen) atoms. The number of ether oxygens (including phenoxy) is 2. The van der Waals surface area contributed by atoms with Crippen molar-refractivity contribution in [1.29, 1.82) is 0 Å². The third-order valence-electron chi connectivity index (χ3n) is 6.91. The quantitative estimate of drug-likeness (QED) is 0.329. The lowest BCUT2D eigenvalue weighted by atomic mass is 9.82. The molecule has 0 bridgehead atoms. The fraction of sp³-hybridized carbons (Fsp3) is 0.226. The van der Waals surface area contributed by atoms with Crippen molar-refractivity contribution in [3.63, 3.8) is 0 Å². The highest BCUT2D eigenvalue weighted by Gasteiger charge is 2.38. The van der Waals surface area contributed by atoms with Crippen LogP contribution in [0, 0.1) is 20.8 Å². The standard InChI is InChI=1S/C31H31NO2/c1-20-7-9-23(10-8-20)31(24-11-13-25(14-12-24)32(4)5)16-15-27-22(3)18-28-21(2)17-26(33-6)19-29(28)30(27)34-31/h7-19H,1-6H3. The second-order valence-electron chi connectivity index (χ2n) is 9.45. The van der Waals surface area contributed by atoms with Gasteiger partial charge in [0.25, 0.3) is 0 Å². The molecule has 1 aliphatic heterocycles. The molecule has 1 aliphatic rings. The Balaban J connectivity index is 1.78. The lowest BCUT2D eigenvalue weighted by molar-refractivity contribution is 0.163. The molecule has 3 heteroatoms. The van der Waals surface area contributed by atoms with Gasteiger partial charge in [-0.25, -0.2) is 0 Å². The van der Waals surface area contributed by atoms with Gasteiger partial charge in [0.15, 0.2) is 5.60 Å². The van der Waals surface area contributed by atoms with E-state index in [4.69, 9.17) is 9.47 Å². The van der Waals surface area contributed by atoms with Crippen molar-refractivity contribution in [3.8, 4) is 11.5 Å². The lowest BCUT2D eigenvalue weighted by Gasteiger charge is -2.37. The van der Waals surface area contributed by atoms with Gasteiger partial charge in [0.05, 0.1) is 7.11 Å². The van der Waals surface area contributed by atoms with Gasteiger partial charge in [0.1, 0.15) is 11.5 Å². The molecule has 0 aromatic heterocycles. The second-order valence-corrected chi connectivity index (χ2v) is 9.45. The molecule has 0 fully saturated rings. The SMILES string of the molecule is COc1cc(C)c2cc(C)c3c(c2c1)OC(c1ccc(C)cc1)(c1ccc(N(C)C)cc1)C=C3. The Kier molecular flexibility index (Phi) is 5.36. The van der Waals surface area contributed by atoms with Crippen LogP contribution in [0.3, 0.4) is 0 Å². The third kappa shape index (κ3) is 3.52. The van der Waals surface area contributed by atoms with Gasteiger partial charge in [-0.1, -0.05) is 54.1 Å². The van der Waals surface area contributed by atoms with E-state index >= 15 is 0 Å². The van der Waals surface area contributed by atoms with Crippen LogP contribution in [0.25, 0.3) is 16.8 Å². The van der Waals surface area contributed by atoms with Crippen molar-refractivity contribution in [2.45, 2.75) is 26.4 Å². The highest BCUT2D eigenvalue weighted by Crippen LogP contribution is 2.47. The summed E-state index contributed by atoms with van der Waals surface area (Å²) in [5.74, 6) is 1.74. The van der Waals surface area contributed by atoms with Gasteiger partial charge in [-0.05, 0) is 67.6 Å². The summed E-state index contributed by atoms with van der Waals surface area (Å²) >= 11 is 0. The molecule has 0 saturated carbocycles. The Morgan fingerprint density at radius 2 is 1.41 bits per heavy atom. The minimum absolute atomic E-state index is 0.733. The van der Waals surface area contributed by atoms with Crippen LogP contribution in [0.1, 0.15) is 33.4 Å². The first-order valence-electron chi connectivity index (χ1n) is 11.7. The number of benzene rings is 4. The fourth-order valence-electron chi connectivity index (χ4n) is 4.88. The largest absolute Gasteiger partial charge is 0.497 e. The summed E-state index contributed by atoms with van der Waals surface area (Å²) < 4.78 is 12.7. The summed E-state index contributed by atoms with van der Waals surface area (Å²) in [4.78, 5) is 2.11. The number of methoxy groups -OCH3 is 1. The normalized spacial score (nSPS) is 16.8. The maximum atomic E-state index is 7.12. The van der Waals surface area contributed by atoms with E-state index in [-0.39, 0.29) is 0 Å². The Hall–Kier alpha value is -3.72. The number of nitrogens with zero attached hydrogens (tertiary/aromatic N) is 1. The van der Waals surface area contributed by atoms with E-state index in [1.54, 1.807) is 7.11 Å². The highest BCUT2D eigenvalue weighted by atomic mass is 16.5. The van der Waals surface area contributed by atoms with E-state index in [0.717, 1.165) is 39.3 Å². The molecular formula is C31H31NO2. The minimum atomic E-state index is -0.733. The Morgan fingerprint density at radius 3 is 2.03 bits per heavy atom. The average Bonchev–Trinajstić information content (AvgIpc) is 2.85.